The number of hydrogen-bond donors (Lipinski definition) is 0. The van der Waals surface area contributed by atoms with E-state index in [2.05, 4.69) is 42.8 Å². The minimum Gasteiger partial charge on any atom is -0.334 e. The van der Waals surface area contributed by atoms with Crippen LogP contribution in [0.1, 0.15) is 46.0 Å². The van der Waals surface area contributed by atoms with Gasteiger partial charge in [0.25, 0.3) is 5.91 Å². The van der Waals surface area contributed by atoms with Crippen LogP contribution in [0.4, 0.5) is 0 Å². The van der Waals surface area contributed by atoms with Crippen molar-refractivity contribution in [2.75, 3.05) is 6.54 Å². The predicted octanol–water partition coefficient (Wildman–Crippen LogP) is 4.73. The minimum absolute atomic E-state index is 0.151. The first kappa shape index (κ1) is 15.8. The van der Waals surface area contributed by atoms with Crippen LogP contribution in [0.5, 0.6) is 0 Å². The molecule has 0 atom stereocenters. The topological polar surface area (TPSA) is 20.3 Å². The summed E-state index contributed by atoms with van der Waals surface area (Å²) in [7, 11) is 0. The van der Waals surface area contributed by atoms with Gasteiger partial charge in [0.05, 0.1) is 0 Å². The molecule has 0 spiro atoms. The Labute approximate surface area is 131 Å². The van der Waals surface area contributed by atoms with Crippen molar-refractivity contribution < 1.29 is 4.79 Å². The van der Waals surface area contributed by atoms with Gasteiger partial charge in [-0.05, 0) is 60.7 Å². The molecule has 1 aromatic heterocycles. The smallest absolute Gasteiger partial charge is 0.254 e. The third-order valence-electron chi connectivity index (χ3n) is 3.63. The van der Waals surface area contributed by atoms with Gasteiger partial charge in [0.2, 0.25) is 0 Å². The van der Waals surface area contributed by atoms with Crippen LogP contribution in [0.2, 0.25) is 0 Å². The maximum atomic E-state index is 12.9. The third kappa shape index (κ3) is 3.73. The second-order valence-electron chi connectivity index (χ2n) is 5.63. The van der Waals surface area contributed by atoms with Crippen molar-refractivity contribution in [3.8, 4) is 0 Å². The van der Waals surface area contributed by atoms with E-state index in [-0.39, 0.29) is 5.91 Å². The highest BCUT2D eigenvalue weighted by Crippen LogP contribution is 2.20. The van der Waals surface area contributed by atoms with Gasteiger partial charge in [-0.25, -0.2) is 0 Å². The molecule has 0 bridgehead atoms. The molecule has 21 heavy (non-hydrogen) atoms. The number of thiophene rings is 1. The number of nitrogens with zero attached hydrogens (tertiary/aromatic N) is 1. The molecule has 1 amide bonds. The Bertz CT molecular complexity index is 593. The molecule has 112 valence electrons. The fourth-order valence-electron chi connectivity index (χ4n) is 2.80. The van der Waals surface area contributed by atoms with Gasteiger partial charge >= 0.3 is 0 Å². The molecule has 3 heteroatoms. The van der Waals surface area contributed by atoms with Gasteiger partial charge < -0.3 is 4.90 Å². The number of amides is 1. The highest BCUT2D eigenvalue weighted by molar-refractivity contribution is 7.07. The largest absolute Gasteiger partial charge is 0.334 e. The van der Waals surface area contributed by atoms with Crippen LogP contribution in [0.25, 0.3) is 0 Å². The molecule has 1 heterocycles. The summed E-state index contributed by atoms with van der Waals surface area (Å²) in [6.45, 7) is 9.74. The average molecular weight is 301 g/mol. The lowest BCUT2D eigenvalue weighted by atomic mass is 9.98. The molecule has 0 aliphatic heterocycles. The Morgan fingerprint density at radius 1 is 1.19 bits per heavy atom. The fraction of sp³-hybridized carbons (Fsp3) is 0.389. The van der Waals surface area contributed by atoms with E-state index in [1.54, 1.807) is 11.3 Å². The predicted molar refractivity (Wildman–Crippen MR) is 90.0 cm³/mol. The molecule has 2 nitrogen and oxygen atoms in total. The standard InChI is InChI=1S/C18H23NOS/c1-5-7-19(11-16-6-8-21-12-16)18(20)17-14(3)9-13(2)10-15(17)4/h6,8-10,12H,5,7,11H2,1-4H3. The van der Waals surface area contributed by atoms with Crippen molar-refractivity contribution in [2.45, 2.75) is 40.7 Å². The SMILES string of the molecule is CCCN(Cc1ccsc1)C(=O)c1c(C)cc(C)cc1C. The van der Waals surface area contributed by atoms with Crippen LogP contribution in [0.15, 0.2) is 29.0 Å². The van der Waals surface area contributed by atoms with Gasteiger partial charge in [0, 0.05) is 18.7 Å². The number of hydrogen-bond acceptors (Lipinski definition) is 2. The Morgan fingerprint density at radius 3 is 2.38 bits per heavy atom. The fourth-order valence-corrected chi connectivity index (χ4v) is 3.46. The zero-order valence-electron chi connectivity index (χ0n) is 13.3. The molecular weight excluding hydrogens is 278 g/mol. The normalized spacial score (nSPS) is 10.7. The van der Waals surface area contributed by atoms with Crippen LogP contribution in [-0.4, -0.2) is 17.4 Å². The van der Waals surface area contributed by atoms with E-state index in [9.17, 15) is 4.79 Å². The number of benzene rings is 1. The summed E-state index contributed by atoms with van der Waals surface area (Å²) in [4.78, 5) is 14.9. The zero-order valence-corrected chi connectivity index (χ0v) is 14.1. The van der Waals surface area contributed by atoms with Crippen LogP contribution in [0, 0.1) is 20.8 Å². The summed E-state index contributed by atoms with van der Waals surface area (Å²) in [5.74, 6) is 0.151. The molecule has 0 radical (unpaired) electrons. The van der Waals surface area contributed by atoms with E-state index in [1.807, 2.05) is 18.7 Å². The van der Waals surface area contributed by atoms with E-state index in [0.29, 0.717) is 6.54 Å². The second kappa shape index (κ2) is 6.90. The number of aryl methyl sites for hydroxylation is 3. The maximum absolute atomic E-state index is 12.9. The summed E-state index contributed by atoms with van der Waals surface area (Å²) in [5, 5.41) is 4.18. The van der Waals surface area contributed by atoms with Crippen LogP contribution >= 0.6 is 11.3 Å². The molecule has 0 saturated carbocycles. The molecule has 0 fully saturated rings. The molecule has 0 N–H and O–H groups in total. The maximum Gasteiger partial charge on any atom is 0.254 e. The third-order valence-corrected chi connectivity index (χ3v) is 4.36. The Morgan fingerprint density at radius 2 is 1.86 bits per heavy atom. The lowest BCUT2D eigenvalue weighted by Crippen LogP contribution is -2.32. The van der Waals surface area contributed by atoms with E-state index in [4.69, 9.17) is 0 Å². The van der Waals surface area contributed by atoms with Gasteiger partial charge in [-0.15, -0.1) is 0 Å². The molecular formula is C18H23NOS. The van der Waals surface area contributed by atoms with Gasteiger partial charge in [-0.3, -0.25) is 4.79 Å². The van der Waals surface area contributed by atoms with E-state index in [1.165, 1.54) is 11.1 Å². The van der Waals surface area contributed by atoms with E-state index < -0.39 is 0 Å². The van der Waals surface area contributed by atoms with E-state index in [0.717, 1.165) is 29.7 Å². The molecule has 1 aromatic carbocycles. The number of carbonyl (C=O) groups excluding carboxylic acids is 1. The lowest BCUT2D eigenvalue weighted by molar-refractivity contribution is 0.0742. The van der Waals surface area contributed by atoms with Crippen molar-refractivity contribution >= 4 is 17.2 Å². The van der Waals surface area contributed by atoms with Gasteiger partial charge in [0.1, 0.15) is 0 Å². The summed E-state index contributed by atoms with van der Waals surface area (Å²) in [6, 6.07) is 6.28. The average Bonchev–Trinajstić information content (AvgIpc) is 2.89. The van der Waals surface area contributed by atoms with E-state index >= 15 is 0 Å². The van der Waals surface area contributed by atoms with Gasteiger partial charge in [-0.2, -0.15) is 11.3 Å². The molecule has 0 aliphatic carbocycles. The van der Waals surface area contributed by atoms with Crippen molar-refractivity contribution in [3.05, 3.63) is 56.8 Å². The Kier molecular flexibility index (Phi) is 5.18. The van der Waals surface area contributed by atoms with Crippen molar-refractivity contribution in [1.82, 2.24) is 4.90 Å². The van der Waals surface area contributed by atoms with Crippen molar-refractivity contribution in [3.63, 3.8) is 0 Å². The number of carbonyl (C=O) groups is 1. The minimum atomic E-state index is 0.151. The van der Waals surface area contributed by atoms with Gasteiger partial charge in [0.15, 0.2) is 0 Å². The molecule has 0 aliphatic rings. The summed E-state index contributed by atoms with van der Waals surface area (Å²) in [6.07, 6.45) is 0.972. The zero-order chi connectivity index (χ0) is 15.4. The molecule has 0 saturated heterocycles. The monoisotopic (exact) mass is 301 g/mol. The van der Waals surface area contributed by atoms with Crippen molar-refractivity contribution in [1.29, 1.82) is 0 Å². The van der Waals surface area contributed by atoms with Gasteiger partial charge in [-0.1, -0.05) is 24.6 Å². The summed E-state index contributed by atoms with van der Waals surface area (Å²) >= 11 is 1.68. The molecule has 2 aromatic rings. The van der Waals surface area contributed by atoms with Crippen molar-refractivity contribution in [2.24, 2.45) is 0 Å². The first-order valence-electron chi connectivity index (χ1n) is 7.41. The lowest BCUT2D eigenvalue weighted by Gasteiger charge is -2.24. The van der Waals surface area contributed by atoms with Crippen LogP contribution in [0.3, 0.4) is 0 Å². The Hall–Kier alpha value is -1.61. The van der Waals surface area contributed by atoms with Crippen LogP contribution < -0.4 is 0 Å². The quantitative estimate of drug-likeness (QED) is 0.782. The Balaban J connectivity index is 2.30. The van der Waals surface area contributed by atoms with Crippen LogP contribution in [-0.2, 0) is 6.54 Å². The summed E-state index contributed by atoms with van der Waals surface area (Å²) in [5.41, 5.74) is 5.43. The first-order valence-corrected chi connectivity index (χ1v) is 8.35. The molecule has 0 unspecified atom stereocenters. The highest BCUT2D eigenvalue weighted by atomic mass is 32.1. The first-order chi connectivity index (χ1) is 10.0. The highest BCUT2D eigenvalue weighted by Gasteiger charge is 2.19. The summed E-state index contributed by atoms with van der Waals surface area (Å²) < 4.78 is 0. The second-order valence-corrected chi connectivity index (χ2v) is 6.41. The molecule has 2 rings (SSSR count). The number of rotatable bonds is 5.